The lowest BCUT2D eigenvalue weighted by molar-refractivity contribution is 0.102. The minimum Gasteiger partial charge on any atom is -0.321 e. The third kappa shape index (κ3) is 3.51. The van der Waals surface area contributed by atoms with Crippen LogP contribution in [0.5, 0.6) is 0 Å². The van der Waals surface area contributed by atoms with Gasteiger partial charge in [-0.3, -0.25) is 9.59 Å². The molecule has 2 heterocycles. The average molecular weight is 342 g/mol. The van der Waals surface area contributed by atoms with Gasteiger partial charge in [-0.1, -0.05) is 13.3 Å². The summed E-state index contributed by atoms with van der Waals surface area (Å²) in [6.45, 7) is 4.51. The van der Waals surface area contributed by atoms with E-state index in [1.54, 1.807) is 11.3 Å². The number of carbonyl (C=O) groups is 1. The highest BCUT2D eigenvalue weighted by molar-refractivity contribution is 7.18. The van der Waals surface area contributed by atoms with Gasteiger partial charge in [0.1, 0.15) is 5.69 Å². The first kappa shape index (κ1) is 16.3. The van der Waals surface area contributed by atoms with Crippen molar-refractivity contribution in [2.24, 2.45) is 0 Å². The number of rotatable bonds is 5. The Morgan fingerprint density at radius 1 is 1.29 bits per heavy atom. The summed E-state index contributed by atoms with van der Waals surface area (Å²) in [5, 5.41) is 7.96. The molecule has 2 aromatic heterocycles. The SMILES string of the molecule is CCCCn1nc(C(=O)Nc2ccc3nc(C)sc3c2)ccc1=O. The lowest BCUT2D eigenvalue weighted by Crippen LogP contribution is -2.26. The predicted octanol–water partition coefficient (Wildman–Crippen LogP) is 3.21. The molecule has 0 radical (unpaired) electrons. The first-order valence-electron chi connectivity index (χ1n) is 7.83. The van der Waals surface area contributed by atoms with E-state index >= 15 is 0 Å². The summed E-state index contributed by atoms with van der Waals surface area (Å²) < 4.78 is 2.36. The fraction of sp³-hybridized carbons (Fsp3) is 0.294. The van der Waals surface area contributed by atoms with Crippen LogP contribution in [0.1, 0.15) is 35.3 Å². The second kappa shape index (κ2) is 6.92. The van der Waals surface area contributed by atoms with Crippen LogP contribution in [0, 0.1) is 6.92 Å². The number of nitrogens with one attached hydrogen (secondary N) is 1. The zero-order valence-corrected chi connectivity index (χ0v) is 14.4. The van der Waals surface area contributed by atoms with Gasteiger partial charge in [-0.15, -0.1) is 11.3 Å². The van der Waals surface area contributed by atoms with Crippen molar-refractivity contribution in [1.29, 1.82) is 0 Å². The number of aromatic nitrogens is 3. The first-order valence-corrected chi connectivity index (χ1v) is 8.65. The van der Waals surface area contributed by atoms with Gasteiger partial charge in [-0.2, -0.15) is 5.10 Å². The zero-order chi connectivity index (χ0) is 17.1. The van der Waals surface area contributed by atoms with Crippen LogP contribution >= 0.6 is 11.3 Å². The van der Waals surface area contributed by atoms with E-state index in [-0.39, 0.29) is 17.2 Å². The smallest absolute Gasteiger partial charge is 0.276 e. The standard InChI is InChI=1S/C17H18N4O2S/c1-3-4-9-21-16(22)8-7-14(20-21)17(23)19-12-5-6-13-15(10-12)24-11(2)18-13/h5-8,10H,3-4,9H2,1-2H3,(H,19,23). The number of hydrogen-bond donors (Lipinski definition) is 1. The first-order chi connectivity index (χ1) is 11.6. The number of anilines is 1. The molecule has 0 atom stereocenters. The van der Waals surface area contributed by atoms with E-state index in [4.69, 9.17) is 0 Å². The number of benzene rings is 1. The third-order valence-electron chi connectivity index (χ3n) is 3.58. The minimum absolute atomic E-state index is 0.193. The Morgan fingerprint density at radius 3 is 2.92 bits per heavy atom. The third-order valence-corrected chi connectivity index (χ3v) is 4.51. The lowest BCUT2D eigenvalue weighted by Gasteiger charge is -2.07. The molecule has 3 rings (SSSR count). The van der Waals surface area contributed by atoms with Crippen molar-refractivity contribution in [3.8, 4) is 0 Å². The van der Waals surface area contributed by atoms with Crippen LogP contribution < -0.4 is 10.9 Å². The van der Waals surface area contributed by atoms with Crippen molar-refractivity contribution in [3.05, 3.63) is 51.4 Å². The van der Waals surface area contributed by atoms with Gasteiger partial charge in [0.2, 0.25) is 0 Å². The van der Waals surface area contributed by atoms with Gasteiger partial charge >= 0.3 is 0 Å². The van der Waals surface area contributed by atoms with Gasteiger partial charge in [0.25, 0.3) is 11.5 Å². The summed E-state index contributed by atoms with van der Waals surface area (Å²) in [5.41, 5.74) is 1.64. The highest BCUT2D eigenvalue weighted by atomic mass is 32.1. The van der Waals surface area contributed by atoms with Crippen LogP contribution in [0.3, 0.4) is 0 Å². The predicted molar refractivity (Wildman–Crippen MR) is 95.7 cm³/mol. The van der Waals surface area contributed by atoms with Crippen LogP contribution in [0.25, 0.3) is 10.2 Å². The Hall–Kier alpha value is -2.54. The molecule has 0 aliphatic heterocycles. The second-order valence-electron chi connectivity index (χ2n) is 5.50. The van der Waals surface area contributed by atoms with Crippen molar-refractivity contribution < 1.29 is 4.79 Å². The van der Waals surface area contributed by atoms with Crippen molar-refractivity contribution in [1.82, 2.24) is 14.8 Å². The Balaban J connectivity index is 1.81. The van der Waals surface area contributed by atoms with Crippen molar-refractivity contribution in [2.45, 2.75) is 33.2 Å². The number of hydrogen-bond acceptors (Lipinski definition) is 5. The zero-order valence-electron chi connectivity index (χ0n) is 13.6. The largest absolute Gasteiger partial charge is 0.321 e. The molecule has 0 fully saturated rings. The summed E-state index contributed by atoms with van der Waals surface area (Å²) >= 11 is 1.58. The number of carbonyl (C=O) groups excluding carboxylic acids is 1. The second-order valence-corrected chi connectivity index (χ2v) is 6.74. The molecule has 1 amide bonds. The maximum atomic E-state index is 12.4. The van der Waals surface area contributed by atoms with Gasteiger partial charge in [-0.05, 0) is 37.6 Å². The minimum atomic E-state index is -0.333. The van der Waals surface area contributed by atoms with Crippen LogP contribution in [-0.4, -0.2) is 20.7 Å². The highest BCUT2D eigenvalue weighted by Crippen LogP contribution is 2.24. The number of nitrogens with zero attached hydrogens (tertiary/aromatic N) is 3. The van der Waals surface area contributed by atoms with Gasteiger partial charge in [0, 0.05) is 18.3 Å². The van der Waals surface area contributed by atoms with Gasteiger partial charge in [-0.25, -0.2) is 9.67 Å². The monoisotopic (exact) mass is 342 g/mol. The van der Waals surface area contributed by atoms with Crippen LogP contribution in [0.4, 0.5) is 5.69 Å². The molecular formula is C17H18N4O2S. The van der Waals surface area contributed by atoms with E-state index in [9.17, 15) is 9.59 Å². The molecule has 24 heavy (non-hydrogen) atoms. The fourth-order valence-electron chi connectivity index (χ4n) is 2.35. The van der Waals surface area contributed by atoms with E-state index in [1.165, 1.54) is 16.8 Å². The molecule has 1 aromatic carbocycles. The van der Waals surface area contributed by atoms with E-state index in [2.05, 4.69) is 15.4 Å². The number of amides is 1. The molecule has 0 aliphatic rings. The molecule has 0 saturated heterocycles. The topological polar surface area (TPSA) is 76.9 Å². The number of unbranched alkanes of at least 4 members (excludes halogenated alkanes) is 1. The normalized spacial score (nSPS) is 10.9. The Kier molecular flexibility index (Phi) is 4.71. The number of fused-ring (bicyclic) bond motifs is 1. The molecule has 7 heteroatoms. The lowest BCUT2D eigenvalue weighted by atomic mass is 10.3. The fourth-order valence-corrected chi connectivity index (χ4v) is 3.22. The maximum Gasteiger partial charge on any atom is 0.276 e. The van der Waals surface area contributed by atoms with Gasteiger partial charge < -0.3 is 5.32 Å². The molecule has 0 unspecified atom stereocenters. The summed E-state index contributed by atoms with van der Waals surface area (Å²) in [4.78, 5) is 28.6. The molecule has 0 aliphatic carbocycles. The number of aryl methyl sites for hydroxylation is 2. The molecule has 0 saturated carbocycles. The number of thiazole rings is 1. The molecule has 3 aromatic rings. The van der Waals surface area contributed by atoms with Crippen LogP contribution in [0.15, 0.2) is 35.1 Å². The molecule has 1 N–H and O–H groups in total. The summed E-state index contributed by atoms with van der Waals surface area (Å²) in [6, 6.07) is 8.42. The molecule has 124 valence electrons. The van der Waals surface area contributed by atoms with Crippen molar-refractivity contribution in [2.75, 3.05) is 5.32 Å². The van der Waals surface area contributed by atoms with E-state index in [0.29, 0.717) is 12.2 Å². The molecule has 0 bridgehead atoms. The maximum absolute atomic E-state index is 12.4. The van der Waals surface area contributed by atoms with Crippen LogP contribution in [0.2, 0.25) is 0 Å². The molecule has 6 nitrogen and oxygen atoms in total. The van der Waals surface area contributed by atoms with E-state index in [1.807, 2.05) is 32.0 Å². The summed E-state index contributed by atoms with van der Waals surface area (Å²) in [6.07, 6.45) is 1.80. The highest BCUT2D eigenvalue weighted by Gasteiger charge is 2.11. The summed E-state index contributed by atoms with van der Waals surface area (Å²) in [7, 11) is 0. The van der Waals surface area contributed by atoms with Crippen LogP contribution in [-0.2, 0) is 6.54 Å². The molecular weight excluding hydrogens is 324 g/mol. The Bertz CT molecular complexity index is 945. The molecule has 0 spiro atoms. The Morgan fingerprint density at radius 2 is 2.12 bits per heavy atom. The Labute approximate surface area is 143 Å². The van der Waals surface area contributed by atoms with E-state index in [0.717, 1.165) is 28.1 Å². The van der Waals surface area contributed by atoms with Gasteiger partial charge in [0.15, 0.2) is 0 Å². The van der Waals surface area contributed by atoms with Crippen molar-refractivity contribution >= 4 is 33.1 Å². The van der Waals surface area contributed by atoms with E-state index < -0.39 is 0 Å². The quantitative estimate of drug-likeness (QED) is 0.772. The van der Waals surface area contributed by atoms with Crippen molar-refractivity contribution in [3.63, 3.8) is 0 Å². The van der Waals surface area contributed by atoms with Gasteiger partial charge in [0.05, 0.1) is 15.2 Å². The summed E-state index contributed by atoms with van der Waals surface area (Å²) in [5.74, 6) is -0.333. The average Bonchev–Trinajstić information content (AvgIpc) is 2.93.